The number of imidazole rings is 1. The third-order valence-corrected chi connectivity index (χ3v) is 3.57. The van der Waals surface area contributed by atoms with Gasteiger partial charge in [-0.1, -0.05) is 13.8 Å². The van der Waals surface area contributed by atoms with Gasteiger partial charge in [0.1, 0.15) is 0 Å². The van der Waals surface area contributed by atoms with Crippen molar-refractivity contribution in [2.45, 2.75) is 26.4 Å². The largest absolute Gasteiger partial charge is 0.379 e. The van der Waals surface area contributed by atoms with E-state index in [4.69, 9.17) is 10.5 Å². The molecule has 0 amide bonds. The molecule has 1 aromatic rings. The van der Waals surface area contributed by atoms with Crippen molar-refractivity contribution < 1.29 is 4.74 Å². The maximum absolute atomic E-state index is 6.20. The lowest BCUT2D eigenvalue weighted by Gasteiger charge is -2.27. The molecule has 5 heteroatoms. The molecule has 2 rings (SSSR count). The van der Waals surface area contributed by atoms with E-state index in [1.54, 1.807) is 0 Å². The number of rotatable bonds is 5. The van der Waals surface area contributed by atoms with Gasteiger partial charge in [-0.3, -0.25) is 4.90 Å². The summed E-state index contributed by atoms with van der Waals surface area (Å²) in [6.45, 7) is 10.0. The van der Waals surface area contributed by atoms with E-state index in [1.165, 1.54) is 0 Å². The minimum absolute atomic E-state index is 0.0668. The van der Waals surface area contributed by atoms with Gasteiger partial charge in [-0.05, 0) is 5.92 Å². The van der Waals surface area contributed by atoms with E-state index in [0.29, 0.717) is 5.92 Å². The van der Waals surface area contributed by atoms with Crippen LogP contribution in [0.15, 0.2) is 12.5 Å². The van der Waals surface area contributed by atoms with Crippen molar-refractivity contribution in [2.75, 3.05) is 32.8 Å². The van der Waals surface area contributed by atoms with Crippen LogP contribution in [0, 0.1) is 5.92 Å². The molecule has 0 saturated carbocycles. The summed E-state index contributed by atoms with van der Waals surface area (Å²) in [5.41, 5.74) is 7.33. The standard InChI is InChI=1S/C13H24N4O/c1-11(2)13(14)12-9-15-10-17(12)4-3-16-5-7-18-8-6-16/h9-11,13H,3-8,14H2,1-2H3. The lowest BCUT2D eigenvalue weighted by molar-refractivity contribution is 0.0362. The number of hydrogen-bond donors (Lipinski definition) is 1. The maximum atomic E-state index is 6.20. The van der Waals surface area contributed by atoms with Crippen LogP contribution >= 0.6 is 0 Å². The molecule has 0 bridgehead atoms. The Morgan fingerprint density at radius 3 is 2.72 bits per heavy atom. The Morgan fingerprint density at radius 1 is 1.33 bits per heavy atom. The molecule has 1 aromatic heterocycles. The zero-order valence-electron chi connectivity index (χ0n) is 11.4. The predicted molar refractivity (Wildman–Crippen MR) is 71.3 cm³/mol. The number of hydrogen-bond acceptors (Lipinski definition) is 4. The molecular weight excluding hydrogens is 228 g/mol. The van der Waals surface area contributed by atoms with Crippen molar-refractivity contribution >= 4 is 0 Å². The monoisotopic (exact) mass is 252 g/mol. The van der Waals surface area contributed by atoms with Crippen LogP contribution in [-0.2, 0) is 11.3 Å². The summed E-state index contributed by atoms with van der Waals surface area (Å²) < 4.78 is 7.53. The highest BCUT2D eigenvalue weighted by atomic mass is 16.5. The fourth-order valence-corrected chi connectivity index (χ4v) is 2.21. The van der Waals surface area contributed by atoms with Crippen LogP contribution in [0.2, 0.25) is 0 Å². The fraction of sp³-hybridized carbons (Fsp3) is 0.769. The van der Waals surface area contributed by atoms with E-state index < -0.39 is 0 Å². The fourth-order valence-electron chi connectivity index (χ4n) is 2.21. The second-order valence-electron chi connectivity index (χ2n) is 5.24. The third kappa shape index (κ3) is 3.31. The zero-order valence-corrected chi connectivity index (χ0v) is 11.4. The van der Waals surface area contributed by atoms with Crippen LogP contribution in [0.4, 0.5) is 0 Å². The highest BCUT2D eigenvalue weighted by molar-refractivity contribution is 5.05. The van der Waals surface area contributed by atoms with E-state index in [0.717, 1.165) is 45.1 Å². The quantitative estimate of drug-likeness (QED) is 0.845. The Balaban J connectivity index is 1.91. The molecular formula is C13H24N4O. The molecule has 0 radical (unpaired) electrons. The first-order chi connectivity index (χ1) is 8.68. The van der Waals surface area contributed by atoms with Gasteiger partial charge < -0.3 is 15.0 Å². The molecule has 0 aromatic carbocycles. The second-order valence-corrected chi connectivity index (χ2v) is 5.24. The maximum Gasteiger partial charge on any atom is 0.0949 e. The van der Waals surface area contributed by atoms with Crippen LogP contribution in [0.25, 0.3) is 0 Å². The molecule has 1 unspecified atom stereocenters. The first kappa shape index (κ1) is 13.5. The van der Waals surface area contributed by atoms with Crippen LogP contribution < -0.4 is 5.73 Å². The molecule has 1 aliphatic heterocycles. The molecule has 2 heterocycles. The minimum Gasteiger partial charge on any atom is -0.379 e. The minimum atomic E-state index is 0.0668. The Morgan fingerprint density at radius 2 is 2.06 bits per heavy atom. The van der Waals surface area contributed by atoms with Gasteiger partial charge in [0.2, 0.25) is 0 Å². The van der Waals surface area contributed by atoms with Gasteiger partial charge in [-0.2, -0.15) is 0 Å². The molecule has 1 aliphatic rings. The van der Waals surface area contributed by atoms with Crippen molar-refractivity contribution in [1.29, 1.82) is 0 Å². The summed E-state index contributed by atoms with van der Waals surface area (Å²) in [6.07, 6.45) is 3.78. The molecule has 2 N–H and O–H groups in total. The number of ether oxygens (including phenoxy) is 1. The summed E-state index contributed by atoms with van der Waals surface area (Å²) >= 11 is 0. The van der Waals surface area contributed by atoms with Crippen LogP contribution in [0.5, 0.6) is 0 Å². The van der Waals surface area contributed by atoms with Crippen molar-refractivity contribution in [3.63, 3.8) is 0 Å². The zero-order chi connectivity index (χ0) is 13.0. The van der Waals surface area contributed by atoms with Crippen LogP contribution in [0.1, 0.15) is 25.6 Å². The van der Waals surface area contributed by atoms with E-state index in [2.05, 4.69) is 28.3 Å². The van der Waals surface area contributed by atoms with Crippen LogP contribution in [0.3, 0.4) is 0 Å². The molecule has 1 fully saturated rings. The molecule has 102 valence electrons. The highest BCUT2D eigenvalue weighted by Gasteiger charge is 2.16. The molecule has 1 atom stereocenters. The van der Waals surface area contributed by atoms with Gasteiger partial charge >= 0.3 is 0 Å². The Hall–Kier alpha value is -0.910. The lowest BCUT2D eigenvalue weighted by atomic mass is 10.0. The van der Waals surface area contributed by atoms with E-state index in [-0.39, 0.29) is 6.04 Å². The van der Waals surface area contributed by atoms with E-state index in [1.807, 2.05) is 12.5 Å². The Bertz CT molecular complexity index is 358. The number of nitrogens with zero attached hydrogens (tertiary/aromatic N) is 3. The predicted octanol–water partition coefficient (Wildman–Crippen LogP) is 0.871. The van der Waals surface area contributed by atoms with Gasteiger partial charge in [-0.25, -0.2) is 4.98 Å². The van der Waals surface area contributed by atoms with Gasteiger partial charge in [0.05, 0.1) is 25.2 Å². The summed E-state index contributed by atoms with van der Waals surface area (Å²) in [6, 6.07) is 0.0668. The van der Waals surface area contributed by atoms with Gasteiger partial charge in [-0.15, -0.1) is 0 Å². The molecule has 1 saturated heterocycles. The van der Waals surface area contributed by atoms with Crippen molar-refractivity contribution in [3.8, 4) is 0 Å². The van der Waals surface area contributed by atoms with Gasteiger partial charge in [0.25, 0.3) is 0 Å². The van der Waals surface area contributed by atoms with E-state index >= 15 is 0 Å². The summed E-state index contributed by atoms with van der Waals surface area (Å²) in [7, 11) is 0. The normalized spacial score (nSPS) is 19.3. The number of aromatic nitrogens is 2. The smallest absolute Gasteiger partial charge is 0.0949 e. The molecule has 5 nitrogen and oxygen atoms in total. The lowest BCUT2D eigenvalue weighted by Crippen LogP contribution is -2.38. The van der Waals surface area contributed by atoms with Gasteiger partial charge in [0.15, 0.2) is 0 Å². The van der Waals surface area contributed by atoms with Gasteiger partial charge in [0, 0.05) is 38.4 Å². The van der Waals surface area contributed by atoms with E-state index in [9.17, 15) is 0 Å². The van der Waals surface area contributed by atoms with Crippen molar-refractivity contribution in [3.05, 3.63) is 18.2 Å². The summed E-state index contributed by atoms with van der Waals surface area (Å²) in [4.78, 5) is 6.65. The Labute approximate surface area is 109 Å². The Kier molecular flexibility index (Phi) is 4.74. The van der Waals surface area contributed by atoms with Crippen molar-refractivity contribution in [2.24, 2.45) is 11.7 Å². The second kappa shape index (κ2) is 6.31. The topological polar surface area (TPSA) is 56.3 Å². The average molecular weight is 252 g/mol. The first-order valence-electron chi connectivity index (χ1n) is 6.74. The summed E-state index contributed by atoms with van der Waals surface area (Å²) in [5, 5.41) is 0. The average Bonchev–Trinajstić information content (AvgIpc) is 2.84. The molecule has 18 heavy (non-hydrogen) atoms. The first-order valence-corrected chi connectivity index (χ1v) is 6.74. The number of nitrogens with two attached hydrogens (primary N) is 1. The molecule has 0 aliphatic carbocycles. The number of morpholine rings is 1. The third-order valence-electron chi connectivity index (χ3n) is 3.57. The van der Waals surface area contributed by atoms with Crippen LogP contribution in [-0.4, -0.2) is 47.3 Å². The molecule has 0 spiro atoms. The highest BCUT2D eigenvalue weighted by Crippen LogP contribution is 2.18. The summed E-state index contributed by atoms with van der Waals surface area (Å²) in [5.74, 6) is 0.434. The van der Waals surface area contributed by atoms with Crippen molar-refractivity contribution in [1.82, 2.24) is 14.5 Å². The SMILES string of the molecule is CC(C)C(N)c1cncn1CCN1CCOCC1.